The van der Waals surface area contributed by atoms with Gasteiger partial charge in [-0.2, -0.15) is 0 Å². The third kappa shape index (κ3) is 5.44. The highest BCUT2D eigenvalue weighted by molar-refractivity contribution is 9.10. The molecule has 4 nitrogen and oxygen atoms in total. The highest BCUT2D eigenvalue weighted by atomic mass is 79.9. The average Bonchev–Trinajstić information content (AvgIpc) is 2.36. The summed E-state index contributed by atoms with van der Waals surface area (Å²) in [6.07, 6.45) is 3.14. The maximum atomic E-state index is 11.6. The molecule has 0 aliphatic rings. The molecule has 0 aliphatic heterocycles. The van der Waals surface area contributed by atoms with Crippen LogP contribution in [0.2, 0.25) is 0 Å². The number of amides is 1. The lowest BCUT2D eigenvalue weighted by atomic mass is 10.2. The van der Waals surface area contributed by atoms with Crippen LogP contribution in [0.5, 0.6) is 0 Å². The minimum atomic E-state index is -0.380. The number of aliphatic hydroxyl groups is 1. The Morgan fingerprint density at radius 2 is 2.39 bits per heavy atom. The Kier molecular flexibility index (Phi) is 6.64. The number of rotatable bonds is 6. The van der Waals surface area contributed by atoms with Crippen molar-refractivity contribution in [3.8, 4) is 0 Å². The quantitative estimate of drug-likeness (QED) is 0.784. The summed E-state index contributed by atoms with van der Waals surface area (Å²) < 4.78 is 5.83. The maximum Gasteiger partial charge on any atom is 0.244 e. The van der Waals surface area contributed by atoms with Crippen LogP contribution in [0.3, 0.4) is 0 Å². The van der Waals surface area contributed by atoms with E-state index in [9.17, 15) is 4.79 Å². The van der Waals surface area contributed by atoms with Crippen molar-refractivity contribution in [3.05, 3.63) is 40.4 Å². The SMILES string of the molecule is COCC(CO)NC(=O)/C=C/c1cccc(Br)c1. The monoisotopic (exact) mass is 313 g/mol. The van der Waals surface area contributed by atoms with Gasteiger partial charge in [-0.1, -0.05) is 28.1 Å². The minimum Gasteiger partial charge on any atom is -0.394 e. The zero-order valence-corrected chi connectivity index (χ0v) is 11.7. The van der Waals surface area contributed by atoms with Crippen LogP contribution in [0.1, 0.15) is 5.56 Å². The Morgan fingerprint density at radius 3 is 3.00 bits per heavy atom. The van der Waals surface area contributed by atoms with E-state index in [1.54, 1.807) is 6.08 Å². The molecule has 1 amide bonds. The average molecular weight is 314 g/mol. The van der Waals surface area contributed by atoms with Crippen molar-refractivity contribution in [2.45, 2.75) is 6.04 Å². The van der Waals surface area contributed by atoms with Gasteiger partial charge in [0.15, 0.2) is 0 Å². The molecule has 18 heavy (non-hydrogen) atoms. The molecule has 0 fully saturated rings. The largest absolute Gasteiger partial charge is 0.394 e. The molecule has 1 rings (SSSR count). The molecule has 5 heteroatoms. The molecule has 0 saturated heterocycles. The highest BCUT2D eigenvalue weighted by Crippen LogP contribution is 2.12. The summed E-state index contributed by atoms with van der Waals surface area (Å²) in [5.41, 5.74) is 0.923. The Bertz CT molecular complexity index is 420. The predicted octanol–water partition coefficient (Wildman–Crippen LogP) is 1.59. The van der Waals surface area contributed by atoms with E-state index in [1.807, 2.05) is 24.3 Å². The van der Waals surface area contributed by atoms with Crippen molar-refractivity contribution < 1.29 is 14.6 Å². The van der Waals surface area contributed by atoms with E-state index in [4.69, 9.17) is 9.84 Å². The summed E-state index contributed by atoms with van der Waals surface area (Å²) in [6.45, 7) is 0.136. The van der Waals surface area contributed by atoms with Crippen molar-refractivity contribution in [3.63, 3.8) is 0 Å². The molecular weight excluding hydrogens is 298 g/mol. The van der Waals surface area contributed by atoms with Crippen LogP contribution in [-0.2, 0) is 9.53 Å². The third-order valence-corrected chi connectivity index (χ3v) is 2.70. The summed E-state index contributed by atoms with van der Waals surface area (Å²) in [5, 5.41) is 11.6. The molecule has 1 aromatic carbocycles. The van der Waals surface area contributed by atoms with E-state index >= 15 is 0 Å². The summed E-state index contributed by atoms with van der Waals surface area (Å²) in [5.74, 6) is -0.258. The van der Waals surface area contributed by atoms with Crippen molar-refractivity contribution in [2.24, 2.45) is 0 Å². The van der Waals surface area contributed by atoms with E-state index in [-0.39, 0.29) is 25.2 Å². The molecule has 0 aliphatic carbocycles. The molecule has 0 bridgehead atoms. The molecule has 0 radical (unpaired) electrons. The van der Waals surface area contributed by atoms with E-state index in [0.29, 0.717) is 0 Å². The van der Waals surface area contributed by atoms with E-state index in [0.717, 1.165) is 10.0 Å². The van der Waals surface area contributed by atoms with Crippen LogP contribution in [-0.4, -0.2) is 37.4 Å². The first-order chi connectivity index (χ1) is 8.65. The second-order valence-corrected chi connectivity index (χ2v) is 4.65. The number of ether oxygens (including phenoxy) is 1. The second kappa shape index (κ2) is 8.02. The number of carbonyl (C=O) groups excluding carboxylic acids is 1. The predicted molar refractivity (Wildman–Crippen MR) is 74.1 cm³/mol. The first kappa shape index (κ1) is 14.9. The Labute approximate surface area is 115 Å². The summed E-state index contributed by atoms with van der Waals surface area (Å²) in [7, 11) is 1.52. The number of methoxy groups -OCH3 is 1. The zero-order chi connectivity index (χ0) is 13.4. The lowest BCUT2D eigenvalue weighted by Crippen LogP contribution is -2.39. The second-order valence-electron chi connectivity index (χ2n) is 3.73. The lowest BCUT2D eigenvalue weighted by molar-refractivity contribution is -0.117. The lowest BCUT2D eigenvalue weighted by Gasteiger charge is -2.13. The first-order valence-electron chi connectivity index (χ1n) is 5.49. The molecule has 0 spiro atoms. The van der Waals surface area contributed by atoms with Gasteiger partial charge in [0, 0.05) is 17.7 Å². The highest BCUT2D eigenvalue weighted by Gasteiger charge is 2.08. The summed E-state index contributed by atoms with van der Waals surface area (Å²) >= 11 is 3.36. The number of hydrogen-bond acceptors (Lipinski definition) is 3. The molecule has 1 atom stereocenters. The van der Waals surface area contributed by atoms with Gasteiger partial charge < -0.3 is 15.2 Å². The normalized spacial score (nSPS) is 12.6. The van der Waals surface area contributed by atoms with E-state index in [1.165, 1.54) is 13.2 Å². The topological polar surface area (TPSA) is 58.6 Å². The minimum absolute atomic E-state index is 0.149. The van der Waals surface area contributed by atoms with Gasteiger partial charge in [0.1, 0.15) is 0 Å². The van der Waals surface area contributed by atoms with Crippen LogP contribution in [0.15, 0.2) is 34.8 Å². The zero-order valence-electron chi connectivity index (χ0n) is 10.1. The van der Waals surface area contributed by atoms with Crippen molar-refractivity contribution in [2.75, 3.05) is 20.3 Å². The van der Waals surface area contributed by atoms with Gasteiger partial charge in [0.05, 0.1) is 19.3 Å². The third-order valence-electron chi connectivity index (χ3n) is 2.21. The van der Waals surface area contributed by atoms with Crippen LogP contribution in [0, 0.1) is 0 Å². The molecule has 0 heterocycles. The van der Waals surface area contributed by atoms with Gasteiger partial charge in [-0.25, -0.2) is 0 Å². The van der Waals surface area contributed by atoms with Gasteiger partial charge in [0.2, 0.25) is 5.91 Å². The Balaban J connectivity index is 2.53. The standard InChI is InChI=1S/C13H16BrNO3/c1-18-9-12(8-16)15-13(17)6-5-10-3-2-4-11(14)7-10/h2-7,12,16H,8-9H2,1H3,(H,15,17)/b6-5+. The fourth-order valence-corrected chi connectivity index (χ4v) is 1.79. The molecular formula is C13H16BrNO3. The van der Waals surface area contributed by atoms with Crippen LogP contribution in [0.4, 0.5) is 0 Å². The van der Waals surface area contributed by atoms with Gasteiger partial charge in [-0.15, -0.1) is 0 Å². The van der Waals surface area contributed by atoms with Gasteiger partial charge in [-0.05, 0) is 23.8 Å². The molecule has 1 unspecified atom stereocenters. The smallest absolute Gasteiger partial charge is 0.244 e. The summed E-state index contributed by atoms with van der Waals surface area (Å²) in [6, 6.07) is 7.23. The fraction of sp³-hybridized carbons (Fsp3) is 0.308. The van der Waals surface area contributed by atoms with Gasteiger partial charge in [0.25, 0.3) is 0 Å². The Morgan fingerprint density at radius 1 is 1.61 bits per heavy atom. The van der Waals surface area contributed by atoms with E-state index in [2.05, 4.69) is 21.2 Å². The number of aliphatic hydroxyl groups excluding tert-OH is 1. The molecule has 98 valence electrons. The van der Waals surface area contributed by atoms with Gasteiger partial charge >= 0.3 is 0 Å². The number of nitrogens with one attached hydrogen (secondary N) is 1. The first-order valence-corrected chi connectivity index (χ1v) is 6.29. The fourth-order valence-electron chi connectivity index (χ4n) is 1.37. The maximum absolute atomic E-state index is 11.6. The van der Waals surface area contributed by atoms with E-state index < -0.39 is 0 Å². The van der Waals surface area contributed by atoms with Crippen molar-refractivity contribution in [1.29, 1.82) is 0 Å². The summed E-state index contributed by atoms with van der Waals surface area (Å²) in [4.78, 5) is 11.6. The number of hydrogen-bond donors (Lipinski definition) is 2. The molecule has 0 aromatic heterocycles. The Hall–Kier alpha value is -1.17. The molecule has 1 aromatic rings. The number of carbonyl (C=O) groups is 1. The number of halogens is 1. The van der Waals surface area contributed by atoms with Crippen LogP contribution >= 0.6 is 15.9 Å². The van der Waals surface area contributed by atoms with Crippen LogP contribution < -0.4 is 5.32 Å². The number of benzene rings is 1. The van der Waals surface area contributed by atoms with Gasteiger partial charge in [-0.3, -0.25) is 4.79 Å². The molecule has 2 N–H and O–H groups in total. The van der Waals surface area contributed by atoms with Crippen molar-refractivity contribution >= 4 is 27.9 Å². The van der Waals surface area contributed by atoms with Crippen LogP contribution in [0.25, 0.3) is 6.08 Å². The van der Waals surface area contributed by atoms with Crippen molar-refractivity contribution in [1.82, 2.24) is 5.32 Å². The molecule has 0 saturated carbocycles.